The van der Waals surface area contributed by atoms with Crippen LogP contribution in [-0.2, 0) is 0 Å². The van der Waals surface area contributed by atoms with Gasteiger partial charge in [-0.25, -0.2) is 4.39 Å². The van der Waals surface area contributed by atoms with Crippen LogP contribution in [0.2, 0.25) is 0 Å². The first-order valence-electron chi connectivity index (χ1n) is 6.22. The summed E-state index contributed by atoms with van der Waals surface area (Å²) in [5, 5.41) is 3.32. The average Bonchev–Trinajstić information content (AvgIpc) is 2.28. The van der Waals surface area contributed by atoms with Gasteiger partial charge in [0.05, 0.1) is 0 Å². The van der Waals surface area contributed by atoms with Crippen LogP contribution in [0.5, 0.6) is 0 Å². The summed E-state index contributed by atoms with van der Waals surface area (Å²) in [6.07, 6.45) is 2.10. The molecule has 1 rings (SSSR count). The first-order chi connectivity index (χ1) is 8.04. The van der Waals surface area contributed by atoms with Crippen LogP contribution < -0.4 is 5.32 Å². The van der Waals surface area contributed by atoms with E-state index in [9.17, 15) is 4.39 Å². The fourth-order valence-corrected chi connectivity index (χ4v) is 1.66. The van der Waals surface area contributed by atoms with Crippen LogP contribution in [0.15, 0.2) is 23.8 Å². The Balaban J connectivity index is 2.99. The Hall–Kier alpha value is -1.15. The molecule has 0 atom stereocenters. The fraction of sp³-hybridized carbons (Fsp3) is 0.467. The van der Waals surface area contributed by atoms with Crippen LogP contribution in [0.1, 0.15) is 31.9 Å². The smallest absolute Gasteiger partial charge is 0.123 e. The topological polar surface area (TPSA) is 12.0 Å². The number of nitrogens with one attached hydrogen (secondary N) is 1. The van der Waals surface area contributed by atoms with E-state index in [1.807, 2.05) is 13.0 Å². The molecular formula is C15H22FN. The minimum absolute atomic E-state index is 0.173. The first kappa shape index (κ1) is 13.9. The monoisotopic (exact) mass is 235 g/mol. The first-order valence-corrected chi connectivity index (χ1v) is 6.22. The number of halogens is 1. The van der Waals surface area contributed by atoms with Crippen LogP contribution in [0.3, 0.4) is 0 Å². The zero-order valence-electron chi connectivity index (χ0n) is 11.2. The zero-order chi connectivity index (χ0) is 12.8. The maximum atomic E-state index is 13.2. The zero-order valence-corrected chi connectivity index (χ0v) is 11.2. The number of hydrogen-bond donors (Lipinski definition) is 1. The SMILES string of the molecule is CCNC/C(=C/c1cc(F)ccc1C)C(C)C. The molecule has 0 aliphatic heterocycles. The van der Waals surface area contributed by atoms with Crippen LogP contribution >= 0.6 is 0 Å². The van der Waals surface area contributed by atoms with E-state index in [1.54, 1.807) is 6.07 Å². The molecule has 0 fully saturated rings. The Bertz CT molecular complexity index is 394. The van der Waals surface area contributed by atoms with Gasteiger partial charge in [-0.15, -0.1) is 0 Å². The maximum absolute atomic E-state index is 13.2. The third-order valence-electron chi connectivity index (χ3n) is 2.90. The molecule has 1 nitrogen and oxygen atoms in total. The molecule has 0 bridgehead atoms. The Morgan fingerprint density at radius 1 is 1.41 bits per heavy atom. The molecular weight excluding hydrogens is 213 g/mol. The highest BCUT2D eigenvalue weighted by Gasteiger charge is 2.05. The lowest BCUT2D eigenvalue weighted by Crippen LogP contribution is -2.18. The molecule has 0 saturated carbocycles. The molecule has 0 spiro atoms. The van der Waals surface area contributed by atoms with Gasteiger partial charge in [0, 0.05) is 6.54 Å². The molecule has 1 aromatic rings. The third-order valence-corrected chi connectivity index (χ3v) is 2.90. The molecule has 0 amide bonds. The molecule has 2 heteroatoms. The standard InChI is InChI=1S/C15H22FN/c1-5-17-10-14(11(2)3)8-13-9-15(16)7-6-12(13)4/h6-9,11,17H,5,10H2,1-4H3/b14-8-. The van der Waals surface area contributed by atoms with Crippen molar-refractivity contribution < 1.29 is 4.39 Å². The van der Waals surface area contributed by atoms with Crippen molar-refractivity contribution in [1.29, 1.82) is 0 Å². The summed E-state index contributed by atoms with van der Waals surface area (Å²) < 4.78 is 13.2. The number of benzene rings is 1. The van der Waals surface area contributed by atoms with Gasteiger partial charge in [-0.2, -0.15) is 0 Å². The summed E-state index contributed by atoms with van der Waals surface area (Å²) >= 11 is 0. The van der Waals surface area contributed by atoms with Gasteiger partial charge in [0.25, 0.3) is 0 Å². The molecule has 1 aromatic carbocycles. The molecule has 0 aliphatic carbocycles. The summed E-state index contributed by atoms with van der Waals surface area (Å²) in [7, 11) is 0. The van der Waals surface area contributed by atoms with E-state index >= 15 is 0 Å². The highest BCUT2D eigenvalue weighted by atomic mass is 19.1. The van der Waals surface area contributed by atoms with Crippen molar-refractivity contribution >= 4 is 6.08 Å². The minimum atomic E-state index is -0.173. The van der Waals surface area contributed by atoms with Crippen molar-refractivity contribution in [2.24, 2.45) is 5.92 Å². The van der Waals surface area contributed by atoms with Gasteiger partial charge in [-0.1, -0.05) is 38.5 Å². The Morgan fingerprint density at radius 2 is 2.12 bits per heavy atom. The highest BCUT2D eigenvalue weighted by molar-refractivity contribution is 5.57. The summed E-state index contributed by atoms with van der Waals surface area (Å²) in [6, 6.07) is 4.93. The third kappa shape index (κ3) is 4.31. The van der Waals surface area contributed by atoms with E-state index in [4.69, 9.17) is 0 Å². The van der Waals surface area contributed by atoms with Crippen molar-refractivity contribution in [3.8, 4) is 0 Å². The molecule has 17 heavy (non-hydrogen) atoms. The van der Waals surface area contributed by atoms with Crippen LogP contribution in [0.25, 0.3) is 6.08 Å². The lowest BCUT2D eigenvalue weighted by atomic mass is 9.98. The minimum Gasteiger partial charge on any atom is -0.313 e. The summed E-state index contributed by atoms with van der Waals surface area (Å²) in [6.45, 7) is 10.2. The number of hydrogen-bond acceptors (Lipinski definition) is 1. The summed E-state index contributed by atoms with van der Waals surface area (Å²) in [5.41, 5.74) is 3.40. The number of rotatable bonds is 5. The second-order valence-corrected chi connectivity index (χ2v) is 4.66. The molecule has 0 radical (unpaired) electrons. The Kier molecular flexibility index (Phi) is 5.36. The van der Waals surface area contributed by atoms with E-state index in [0.29, 0.717) is 5.92 Å². The Labute approximate surface area is 104 Å². The molecule has 0 unspecified atom stereocenters. The molecule has 0 saturated heterocycles. The number of aryl methyl sites for hydroxylation is 1. The van der Waals surface area contributed by atoms with E-state index in [2.05, 4.69) is 32.2 Å². The normalized spacial score (nSPS) is 12.2. The van der Waals surface area contributed by atoms with E-state index in [1.165, 1.54) is 11.6 Å². The van der Waals surface area contributed by atoms with Crippen LogP contribution in [0, 0.1) is 18.7 Å². The average molecular weight is 235 g/mol. The maximum Gasteiger partial charge on any atom is 0.123 e. The van der Waals surface area contributed by atoms with Gasteiger partial charge < -0.3 is 5.32 Å². The molecule has 0 aromatic heterocycles. The van der Waals surface area contributed by atoms with Gasteiger partial charge in [0.15, 0.2) is 0 Å². The fourth-order valence-electron chi connectivity index (χ4n) is 1.66. The second kappa shape index (κ2) is 6.55. The van der Waals surface area contributed by atoms with Crippen molar-refractivity contribution in [2.45, 2.75) is 27.7 Å². The molecule has 94 valence electrons. The van der Waals surface area contributed by atoms with Crippen molar-refractivity contribution in [2.75, 3.05) is 13.1 Å². The predicted octanol–water partition coefficient (Wildman–Crippen LogP) is 3.78. The quantitative estimate of drug-likeness (QED) is 0.819. The van der Waals surface area contributed by atoms with E-state index in [-0.39, 0.29) is 5.82 Å². The van der Waals surface area contributed by atoms with Crippen LogP contribution in [0.4, 0.5) is 4.39 Å². The van der Waals surface area contributed by atoms with E-state index in [0.717, 1.165) is 24.2 Å². The Morgan fingerprint density at radius 3 is 2.71 bits per heavy atom. The van der Waals surface area contributed by atoms with Gasteiger partial charge >= 0.3 is 0 Å². The largest absolute Gasteiger partial charge is 0.313 e. The molecule has 0 heterocycles. The molecule has 1 N–H and O–H groups in total. The van der Waals surface area contributed by atoms with Gasteiger partial charge in [-0.3, -0.25) is 0 Å². The lowest BCUT2D eigenvalue weighted by Gasteiger charge is -2.13. The van der Waals surface area contributed by atoms with Gasteiger partial charge in [0.2, 0.25) is 0 Å². The van der Waals surface area contributed by atoms with Crippen molar-refractivity contribution in [3.05, 3.63) is 40.7 Å². The predicted molar refractivity (Wildman–Crippen MR) is 72.5 cm³/mol. The second-order valence-electron chi connectivity index (χ2n) is 4.66. The number of likely N-dealkylation sites (N-methyl/N-ethyl adjacent to an activating group) is 1. The van der Waals surface area contributed by atoms with Crippen LogP contribution in [-0.4, -0.2) is 13.1 Å². The van der Waals surface area contributed by atoms with E-state index < -0.39 is 0 Å². The summed E-state index contributed by atoms with van der Waals surface area (Å²) in [5.74, 6) is 0.296. The van der Waals surface area contributed by atoms with Crippen molar-refractivity contribution in [1.82, 2.24) is 5.32 Å². The van der Waals surface area contributed by atoms with Gasteiger partial charge in [-0.05, 0) is 42.6 Å². The van der Waals surface area contributed by atoms with Gasteiger partial charge in [0.1, 0.15) is 5.82 Å². The highest BCUT2D eigenvalue weighted by Crippen LogP contribution is 2.18. The molecule has 0 aliphatic rings. The lowest BCUT2D eigenvalue weighted by molar-refractivity contribution is 0.627. The summed E-state index contributed by atoms with van der Waals surface area (Å²) in [4.78, 5) is 0. The van der Waals surface area contributed by atoms with Crippen molar-refractivity contribution in [3.63, 3.8) is 0 Å².